The molecule has 0 saturated carbocycles. The highest BCUT2D eigenvalue weighted by molar-refractivity contribution is 7.62. The molecule has 0 aromatic carbocycles. The Morgan fingerprint density at radius 2 is 1.80 bits per heavy atom. The maximum Gasteiger partial charge on any atom is 0.368 e. The third-order valence-corrected chi connectivity index (χ3v) is 4.11. The van der Waals surface area contributed by atoms with E-state index in [1.807, 2.05) is 0 Å². The van der Waals surface area contributed by atoms with E-state index in [1.54, 1.807) is 14.0 Å². The van der Waals surface area contributed by atoms with E-state index in [4.69, 9.17) is 13.8 Å². The predicted molar refractivity (Wildman–Crippen MR) is 55.8 cm³/mol. The zero-order chi connectivity index (χ0) is 11.6. The van der Waals surface area contributed by atoms with Crippen LogP contribution in [0.4, 0.5) is 0 Å². The van der Waals surface area contributed by atoms with Crippen LogP contribution in [0.3, 0.4) is 0 Å². The summed E-state index contributed by atoms with van der Waals surface area (Å²) in [5, 5.41) is 4.48. The fourth-order valence-electron chi connectivity index (χ4n) is 1.43. The van der Waals surface area contributed by atoms with E-state index in [0.717, 1.165) is 0 Å². The van der Waals surface area contributed by atoms with Crippen molar-refractivity contribution >= 4 is 12.9 Å². The number of aryl methyl sites for hydroxylation is 2. The van der Waals surface area contributed by atoms with Crippen molar-refractivity contribution in [1.82, 2.24) is 9.78 Å². The van der Waals surface area contributed by atoms with Crippen LogP contribution in [0.5, 0.6) is 5.88 Å². The number of methoxy groups -OCH3 is 1. The zero-order valence-corrected chi connectivity index (χ0v) is 10.4. The number of aromatic nitrogens is 2. The first-order chi connectivity index (χ1) is 7.00. The van der Waals surface area contributed by atoms with Gasteiger partial charge in [0.15, 0.2) is 0 Å². The Morgan fingerprint density at radius 3 is 2.20 bits per heavy atom. The van der Waals surface area contributed by atoms with Crippen molar-refractivity contribution in [1.29, 1.82) is 0 Å². The van der Waals surface area contributed by atoms with Crippen LogP contribution in [-0.4, -0.2) is 31.1 Å². The van der Waals surface area contributed by atoms with Crippen molar-refractivity contribution in [2.75, 3.05) is 21.3 Å². The fourth-order valence-corrected chi connectivity index (χ4v) is 2.85. The summed E-state index contributed by atoms with van der Waals surface area (Å²) in [7, 11) is 2.53. The van der Waals surface area contributed by atoms with Crippen molar-refractivity contribution in [3.05, 3.63) is 5.69 Å². The molecule has 0 aliphatic rings. The van der Waals surface area contributed by atoms with Gasteiger partial charge in [-0.25, -0.2) is 4.68 Å². The molecule has 0 spiro atoms. The largest absolute Gasteiger partial charge is 0.480 e. The van der Waals surface area contributed by atoms with Gasteiger partial charge in [0.25, 0.3) is 0 Å². The normalized spacial score (nSPS) is 11.8. The number of hydrogen-bond donors (Lipinski definition) is 0. The summed E-state index contributed by atoms with van der Waals surface area (Å²) >= 11 is 0. The monoisotopic (exact) mass is 234 g/mol. The van der Waals surface area contributed by atoms with E-state index < -0.39 is 7.60 Å². The Kier molecular flexibility index (Phi) is 3.54. The number of hydrogen-bond acceptors (Lipinski definition) is 5. The molecule has 86 valence electrons. The molecular formula is C8H15N2O4P. The Bertz CT molecular complexity index is 394. The Morgan fingerprint density at radius 1 is 1.27 bits per heavy atom. The topological polar surface area (TPSA) is 62.6 Å². The molecule has 1 rings (SSSR count). The molecule has 0 saturated heterocycles. The van der Waals surface area contributed by atoms with E-state index in [9.17, 15) is 4.57 Å². The van der Waals surface area contributed by atoms with Gasteiger partial charge in [0, 0.05) is 21.3 Å². The van der Waals surface area contributed by atoms with Crippen molar-refractivity contribution < 1.29 is 18.3 Å². The SMILES string of the molecule is COc1c(P(=O)(OC)OC)c(C)nn1C. The molecule has 7 heteroatoms. The lowest BCUT2D eigenvalue weighted by molar-refractivity contribution is 0.285. The molecule has 0 amide bonds. The Hall–Kier alpha value is -0.840. The zero-order valence-electron chi connectivity index (χ0n) is 9.47. The average molecular weight is 234 g/mol. The summed E-state index contributed by atoms with van der Waals surface area (Å²) < 4.78 is 28.6. The minimum Gasteiger partial charge on any atom is -0.480 e. The molecule has 1 aromatic heterocycles. The number of rotatable bonds is 4. The second-order valence-corrected chi connectivity index (χ2v) is 5.10. The molecular weight excluding hydrogens is 219 g/mol. The summed E-state index contributed by atoms with van der Waals surface area (Å²) in [6, 6.07) is 0. The van der Waals surface area contributed by atoms with Crippen molar-refractivity contribution in [2.45, 2.75) is 6.92 Å². The highest BCUT2D eigenvalue weighted by Crippen LogP contribution is 2.48. The standard InChI is InChI=1S/C8H15N2O4P/c1-6-7(15(11,13-4)14-5)8(12-3)10(2)9-6/h1-5H3. The molecule has 0 unspecified atom stereocenters. The first kappa shape index (κ1) is 12.2. The highest BCUT2D eigenvalue weighted by Gasteiger charge is 2.34. The van der Waals surface area contributed by atoms with Crippen molar-refractivity contribution in [3.8, 4) is 5.88 Å². The molecule has 15 heavy (non-hydrogen) atoms. The molecule has 0 bridgehead atoms. The quantitative estimate of drug-likeness (QED) is 0.722. The van der Waals surface area contributed by atoms with Gasteiger partial charge < -0.3 is 13.8 Å². The lowest BCUT2D eigenvalue weighted by atomic mass is 10.5. The molecule has 0 N–H and O–H groups in total. The predicted octanol–water partition coefficient (Wildman–Crippen LogP) is 0.848. The third-order valence-electron chi connectivity index (χ3n) is 2.09. The molecule has 0 atom stereocenters. The van der Waals surface area contributed by atoms with E-state index in [-0.39, 0.29) is 0 Å². The van der Waals surface area contributed by atoms with Gasteiger partial charge in [0.1, 0.15) is 5.30 Å². The van der Waals surface area contributed by atoms with E-state index >= 15 is 0 Å². The Labute approximate surface area is 88.7 Å². The minimum absolute atomic E-state index is 0.373. The van der Waals surface area contributed by atoms with Crippen LogP contribution in [0, 0.1) is 6.92 Å². The van der Waals surface area contributed by atoms with Gasteiger partial charge in [-0.15, -0.1) is 0 Å². The first-order valence-electron chi connectivity index (χ1n) is 4.29. The van der Waals surface area contributed by atoms with E-state index in [0.29, 0.717) is 16.9 Å². The van der Waals surface area contributed by atoms with E-state index in [2.05, 4.69) is 5.10 Å². The molecule has 1 heterocycles. The lowest BCUT2D eigenvalue weighted by Crippen LogP contribution is -2.12. The summed E-state index contributed by atoms with van der Waals surface area (Å²) in [5.74, 6) is 0.388. The van der Waals surface area contributed by atoms with Crippen LogP contribution >= 0.6 is 7.60 Å². The minimum atomic E-state index is -3.31. The van der Waals surface area contributed by atoms with Gasteiger partial charge in [-0.3, -0.25) is 4.57 Å². The smallest absolute Gasteiger partial charge is 0.368 e. The highest BCUT2D eigenvalue weighted by atomic mass is 31.2. The first-order valence-corrected chi connectivity index (χ1v) is 5.84. The number of nitrogens with zero attached hydrogens (tertiary/aromatic N) is 2. The van der Waals surface area contributed by atoms with Gasteiger partial charge in [-0.05, 0) is 6.92 Å². The number of ether oxygens (including phenoxy) is 1. The summed E-state index contributed by atoms with van der Waals surface area (Å²) in [5.41, 5.74) is 0.571. The van der Waals surface area contributed by atoms with Crippen LogP contribution in [-0.2, 0) is 20.7 Å². The molecule has 6 nitrogen and oxygen atoms in total. The van der Waals surface area contributed by atoms with Crippen LogP contribution in [0.2, 0.25) is 0 Å². The van der Waals surface area contributed by atoms with Crippen molar-refractivity contribution in [2.24, 2.45) is 7.05 Å². The molecule has 0 aliphatic carbocycles. The lowest BCUT2D eigenvalue weighted by Gasteiger charge is -2.14. The molecule has 0 radical (unpaired) electrons. The summed E-state index contributed by atoms with van der Waals surface area (Å²) in [6.07, 6.45) is 0. The van der Waals surface area contributed by atoms with E-state index in [1.165, 1.54) is 26.0 Å². The van der Waals surface area contributed by atoms with Gasteiger partial charge in [-0.1, -0.05) is 0 Å². The Balaban J connectivity index is 3.41. The molecule has 1 aromatic rings. The second-order valence-electron chi connectivity index (χ2n) is 2.93. The van der Waals surface area contributed by atoms with Crippen molar-refractivity contribution in [3.63, 3.8) is 0 Å². The molecule has 0 fully saturated rings. The van der Waals surface area contributed by atoms with Gasteiger partial charge in [0.05, 0.1) is 12.8 Å². The van der Waals surface area contributed by atoms with Gasteiger partial charge >= 0.3 is 7.60 Å². The summed E-state index contributed by atoms with van der Waals surface area (Å²) in [4.78, 5) is 0. The second kappa shape index (κ2) is 4.35. The maximum absolute atomic E-state index is 12.2. The van der Waals surface area contributed by atoms with Crippen LogP contribution in [0.25, 0.3) is 0 Å². The van der Waals surface area contributed by atoms with Crippen LogP contribution < -0.4 is 10.0 Å². The fraction of sp³-hybridized carbons (Fsp3) is 0.625. The van der Waals surface area contributed by atoms with Gasteiger partial charge in [0.2, 0.25) is 5.88 Å². The van der Waals surface area contributed by atoms with Crippen LogP contribution in [0.1, 0.15) is 5.69 Å². The maximum atomic E-state index is 12.2. The molecule has 0 aliphatic heterocycles. The third kappa shape index (κ3) is 1.93. The average Bonchev–Trinajstić information content (AvgIpc) is 2.52. The van der Waals surface area contributed by atoms with Gasteiger partial charge in [-0.2, -0.15) is 5.10 Å². The summed E-state index contributed by atoms with van der Waals surface area (Å²) in [6.45, 7) is 1.72. The van der Waals surface area contributed by atoms with Crippen LogP contribution in [0.15, 0.2) is 0 Å².